The van der Waals surface area contributed by atoms with Crippen LogP contribution >= 0.6 is 0 Å². The van der Waals surface area contributed by atoms with Gasteiger partial charge in [-0.25, -0.2) is 14.6 Å². The third kappa shape index (κ3) is 12.6. The highest BCUT2D eigenvalue weighted by atomic mass is 32.2. The lowest BCUT2D eigenvalue weighted by Gasteiger charge is -2.31. The van der Waals surface area contributed by atoms with Gasteiger partial charge in [-0.1, -0.05) is 75.9 Å². The van der Waals surface area contributed by atoms with E-state index in [0.717, 1.165) is 65.9 Å². The first-order valence-electron chi connectivity index (χ1n) is 22.4. The van der Waals surface area contributed by atoms with Gasteiger partial charge in [0.1, 0.15) is 27.7 Å². The highest BCUT2D eigenvalue weighted by molar-refractivity contribution is 7.86. The van der Waals surface area contributed by atoms with Crippen molar-refractivity contribution in [2.24, 2.45) is 16.8 Å². The van der Waals surface area contributed by atoms with Gasteiger partial charge < -0.3 is 34.9 Å². The molecule has 0 unspecified atom stereocenters. The molecule has 0 aliphatic carbocycles. The van der Waals surface area contributed by atoms with Gasteiger partial charge in [0.25, 0.3) is 20.2 Å². The van der Waals surface area contributed by atoms with Crippen molar-refractivity contribution in [2.45, 2.75) is 93.8 Å². The van der Waals surface area contributed by atoms with E-state index in [-0.39, 0.29) is 46.5 Å². The van der Waals surface area contributed by atoms with Crippen LogP contribution in [0.2, 0.25) is 0 Å². The SMILES string of the molecule is COC(=O)N[C@H](C(=O)N1CCC[C@H]1C1=NC=C(C#CC#Cc2ccc(-c3cnc([C@@H]4CCCN4C(=O)[C@@H](NC(=O)OC)C(C)C)[nH]3)cc2)C1)C(C)C.O=S(=O)(O)c1cccc2c(S(=O)(=O)O)cccc12. The van der Waals surface area contributed by atoms with Gasteiger partial charge in [-0.2, -0.15) is 16.8 Å². The number of methoxy groups -OCH3 is 2. The lowest BCUT2D eigenvalue weighted by atomic mass is 10.00. The highest BCUT2D eigenvalue weighted by Gasteiger charge is 2.39. The molecular formula is C49H55N7O12S2. The number of ether oxygens (including phenoxy) is 2. The summed E-state index contributed by atoms with van der Waals surface area (Å²) < 4.78 is 72.1. The normalized spacial score (nSPS) is 17.5. The summed E-state index contributed by atoms with van der Waals surface area (Å²) in [6, 6.07) is 13.6. The molecule has 0 bridgehead atoms. The molecule has 3 aromatic carbocycles. The Morgan fingerprint density at radius 3 is 1.73 bits per heavy atom. The number of amides is 4. The molecule has 21 heteroatoms. The lowest BCUT2D eigenvalue weighted by Crippen LogP contribution is -2.53. The molecule has 2 saturated heterocycles. The number of H-pyrrole nitrogens is 1. The minimum absolute atomic E-state index is 0.0233. The fourth-order valence-electron chi connectivity index (χ4n) is 8.48. The molecule has 7 rings (SSSR count). The Kier molecular flexibility index (Phi) is 16.9. The molecule has 3 aliphatic heterocycles. The molecule has 4 amide bonds. The van der Waals surface area contributed by atoms with E-state index in [4.69, 9.17) is 18.6 Å². The Morgan fingerprint density at radius 1 is 0.729 bits per heavy atom. The number of likely N-dealkylation sites (tertiary alicyclic amines) is 2. The Labute approximate surface area is 407 Å². The summed E-state index contributed by atoms with van der Waals surface area (Å²) in [4.78, 5) is 66.0. The van der Waals surface area contributed by atoms with E-state index in [9.17, 15) is 36.0 Å². The zero-order valence-electron chi connectivity index (χ0n) is 39.4. The third-order valence-corrected chi connectivity index (χ3v) is 13.8. The summed E-state index contributed by atoms with van der Waals surface area (Å²) >= 11 is 0. The monoisotopic (exact) mass is 997 g/mol. The lowest BCUT2D eigenvalue weighted by molar-refractivity contribution is -0.135. The molecule has 1 aromatic heterocycles. The van der Waals surface area contributed by atoms with Crippen LogP contribution in [-0.4, -0.2) is 121 Å². The van der Waals surface area contributed by atoms with Crippen LogP contribution in [0.4, 0.5) is 9.59 Å². The summed E-state index contributed by atoms with van der Waals surface area (Å²) in [5, 5.41) is 5.40. The molecule has 370 valence electrons. The van der Waals surface area contributed by atoms with Crippen molar-refractivity contribution in [3.05, 3.63) is 90.0 Å². The molecule has 0 saturated carbocycles. The summed E-state index contributed by atoms with van der Waals surface area (Å²) in [5.41, 5.74) is 4.29. The number of hydrogen-bond donors (Lipinski definition) is 5. The number of rotatable bonds is 11. The topological polar surface area (TPSA) is 267 Å². The minimum atomic E-state index is -4.47. The molecule has 3 aliphatic rings. The fourth-order valence-corrected chi connectivity index (χ4v) is 9.89. The van der Waals surface area contributed by atoms with E-state index in [1.54, 1.807) is 17.3 Å². The van der Waals surface area contributed by atoms with E-state index in [0.29, 0.717) is 25.3 Å². The Balaban J connectivity index is 0.000000372. The van der Waals surface area contributed by atoms with E-state index >= 15 is 0 Å². The van der Waals surface area contributed by atoms with Crippen molar-refractivity contribution in [3.8, 4) is 34.9 Å². The number of imidazole rings is 1. The quantitative estimate of drug-likeness (QED) is 0.0866. The van der Waals surface area contributed by atoms with Crippen molar-refractivity contribution in [1.29, 1.82) is 0 Å². The summed E-state index contributed by atoms with van der Waals surface area (Å²) in [6.07, 6.45) is 6.09. The van der Waals surface area contributed by atoms with E-state index in [1.165, 1.54) is 38.5 Å². The number of aliphatic imine (C=N–C) groups is 1. The number of fused-ring (bicyclic) bond motifs is 1. The number of aromatic nitrogens is 2. The predicted molar refractivity (Wildman–Crippen MR) is 259 cm³/mol. The predicted octanol–water partition coefficient (Wildman–Crippen LogP) is 5.91. The maximum absolute atomic E-state index is 13.5. The Hall–Kier alpha value is -7.04. The van der Waals surface area contributed by atoms with Crippen molar-refractivity contribution in [3.63, 3.8) is 0 Å². The van der Waals surface area contributed by atoms with Crippen LogP contribution in [0.5, 0.6) is 0 Å². The van der Waals surface area contributed by atoms with Gasteiger partial charge in [0.15, 0.2) is 0 Å². The van der Waals surface area contributed by atoms with Crippen LogP contribution in [0, 0.1) is 35.5 Å². The van der Waals surface area contributed by atoms with Gasteiger partial charge in [0.2, 0.25) is 11.8 Å². The number of hydrogen-bond acceptors (Lipinski definition) is 12. The van der Waals surface area contributed by atoms with Gasteiger partial charge in [-0.05, 0) is 79.2 Å². The average Bonchev–Trinajstić information content (AvgIpc) is 4.18. The maximum atomic E-state index is 13.5. The number of aromatic amines is 1. The third-order valence-electron chi connectivity index (χ3n) is 12.0. The van der Waals surface area contributed by atoms with Gasteiger partial charge in [0.05, 0.1) is 38.2 Å². The van der Waals surface area contributed by atoms with Crippen LogP contribution < -0.4 is 10.6 Å². The van der Waals surface area contributed by atoms with Gasteiger partial charge in [-0.3, -0.25) is 23.7 Å². The van der Waals surface area contributed by atoms with E-state index < -0.39 is 54.3 Å². The van der Waals surface area contributed by atoms with Crippen molar-refractivity contribution >= 4 is 60.7 Å². The number of benzene rings is 3. The first-order valence-corrected chi connectivity index (χ1v) is 25.3. The largest absolute Gasteiger partial charge is 0.453 e. The maximum Gasteiger partial charge on any atom is 0.407 e. The number of carbonyl (C=O) groups excluding carboxylic acids is 4. The van der Waals surface area contributed by atoms with Crippen molar-refractivity contribution in [1.82, 2.24) is 30.4 Å². The Bertz CT molecular complexity index is 2980. The number of alkyl carbamates (subject to hydrolysis) is 2. The molecule has 0 spiro atoms. The van der Waals surface area contributed by atoms with Crippen LogP contribution in [0.25, 0.3) is 22.0 Å². The minimum Gasteiger partial charge on any atom is -0.453 e. The number of carbonyl (C=O) groups is 4. The van der Waals surface area contributed by atoms with E-state index in [1.807, 2.05) is 56.9 Å². The molecule has 4 aromatic rings. The average molecular weight is 998 g/mol. The molecule has 4 heterocycles. The van der Waals surface area contributed by atoms with Crippen molar-refractivity contribution < 1.29 is 54.6 Å². The molecule has 19 nitrogen and oxygen atoms in total. The number of nitrogens with one attached hydrogen (secondary N) is 3. The second-order valence-corrected chi connectivity index (χ2v) is 20.1. The van der Waals surface area contributed by atoms with Crippen LogP contribution in [0.15, 0.2) is 93.4 Å². The summed E-state index contributed by atoms with van der Waals surface area (Å²) in [6.45, 7) is 8.76. The van der Waals surface area contributed by atoms with Gasteiger partial charge in [-0.15, -0.1) is 0 Å². The highest BCUT2D eigenvalue weighted by Crippen LogP contribution is 2.33. The summed E-state index contributed by atoms with van der Waals surface area (Å²) in [5.74, 6) is 12.3. The zero-order chi connectivity index (χ0) is 50.9. The van der Waals surface area contributed by atoms with Crippen LogP contribution in [0.3, 0.4) is 0 Å². The molecular weight excluding hydrogens is 943 g/mol. The second-order valence-electron chi connectivity index (χ2n) is 17.4. The zero-order valence-corrected chi connectivity index (χ0v) is 41.1. The molecule has 2 fully saturated rings. The smallest absolute Gasteiger partial charge is 0.407 e. The molecule has 5 N–H and O–H groups in total. The second kappa shape index (κ2) is 22.6. The van der Waals surface area contributed by atoms with Crippen LogP contribution in [0.1, 0.15) is 77.2 Å². The summed E-state index contributed by atoms with van der Waals surface area (Å²) in [7, 11) is -6.37. The van der Waals surface area contributed by atoms with Crippen LogP contribution in [-0.2, 0) is 39.3 Å². The first kappa shape index (κ1) is 52.3. The van der Waals surface area contributed by atoms with Gasteiger partial charge in [0, 0.05) is 53.3 Å². The number of nitrogens with zero attached hydrogens (tertiary/aromatic N) is 4. The fraction of sp³-hybridized carbons (Fsp3) is 0.388. The first-order chi connectivity index (χ1) is 33.2. The molecule has 0 radical (unpaired) electrons. The molecule has 70 heavy (non-hydrogen) atoms. The Morgan fingerprint density at radius 2 is 1.23 bits per heavy atom. The standard InChI is InChI=1S/C39H47N7O6.C10H8O6S2/c1-24(2)33(43-38(49)51-5)36(47)45-19-9-13-31(45)29-21-27(22-40-29)12-8-7-11-26-15-17-28(18-16-26)30-23-41-35(42-30)32-14-10-20-46(32)37(48)34(25(3)4)44-39(50)52-6;11-17(12,13)9-5-1-3-7-8(9)4-2-6-10(7)18(14,15)16/h15-18,22-25,31-34H,9-10,13-14,19-21H2,1-6H3,(H,41,42)(H,43,49)(H,44,50);1-6H,(H,11,12,13)(H,14,15,16)/t31-,32-,33-,34-;/m0./s1. The number of allylic oxidation sites excluding steroid dienone is 1. The van der Waals surface area contributed by atoms with E-state index in [2.05, 4.69) is 49.3 Å². The van der Waals surface area contributed by atoms with Crippen molar-refractivity contribution in [2.75, 3.05) is 27.3 Å². The van der Waals surface area contributed by atoms with Gasteiger partial charge >= 0.3 is 12.2 Å². The molecule has 4 atom stereocenters.